The maximum Gasteiger partial charge on any atom is 0.257 e. The molecule has 0 spiro atoms. The number of carbonyl (C=O) groups is 3. The molecular weight excluding hydrogens is 382 g/mol. The molecule has 1 aliphatic rings. The highest BCUT2D eigenvalue weighted by molar-refractivity contribution is 5.98. The van der Waals surface area contributed by atoms with E-state index in [0.29, 0.717) is 37.1 Å². The zero-order chi connectivity index (χ0) is 21.7. The highest BCUT2D eigenvalue weighted by atomic mass is 16.3. The summed E-state index contributed by atoms with van der Waals surface area (Å²) in [6.07, 6.45) is 4.27. The first kappa shape index (κ1) is 21.6. The summed E-state index contributed by atoms with van der Waals surface area (Å²) in [6, 6.07) is 8.32. The number of nitrogens with zero attached hydrogens (tertiary/aromatic N) is 1. The Labute approximate surface area is 176 Å². The van der Waals surface area contributed by atoms with Gasteiger partial charge in [-0.15, -0.1) is 0 Å². The summed E-state index contributed by atoms with van der Waals surface area (Å²) in [4.78, 5) is 39.7. The molecule has 2 N–H and O–H groups in total. The van der Waals surface area contributed by atoms with Gasteiger partial charge in [0.1, 0.15) is 12.3 Å². The van der Waals surface area contributed by atoms with Crippen molar-refractivity contribution in [3.8, 4) is 0 Å². The number of likely N-dealkylation sites (tertiary alicyclic amines) is 1. The van der Waals surface area contributed by atoms with Gasteiger partial charge in [0.15, 0.2) is 0 Å². The molecule has 1 fully saturated rings. The first-order valence-corrected chi connectivity index (χ1v) is 10.3. The minimum Gasteiger partial charge on any atom is -0.472 e. The minimum atomic E-state index is -0.623. The van der Waals surface area contributed by atoms with E-state index in [1.54, 1.807) is 17.0 Å². The molecule has 1 aliphatic heterocycles. The lowest BCUT2D eigenvalue weighted by Gasteiger charge is -2.33. The number of nitrogens with one attached hydrogen (secondary N) is 2. The Balaban J connectivity index is 1.55. The van der Waals surface area contributed by atoms with Crippen LogP contribution in [-0.4, -0.2) is 47.8 Å². The van der Waals surface area contributed by atoms with Gasteiger partial charge in [0.2, 0.25) is 5.91 Å². The lowest BCUT2D eigenvalue weighted by Crippen LogP contribution is -2.54. The number of hydrogen-bond donors (Lipinski definition) is 2. The van der Waals surface area contributed by atoms with Crippen molar-refractivity contribution < 1.29 is 18.8 Å². The molecule has 0 radical (unpaired) electrons. The molecule has 0 saturated carbocycles. The van der Waals surface area contributed by atoms with Crippen LogP contribution in [-0.2, 0) is 4.79 Å². The fraction of sp³-hybridized carbons (Fsp3) is 0.435. The van der Waals surface area contributed by atoms with Crippen LogP contribution in [0.25, 0.3) is 0 Å². The molecule has 0 aliphatic carbocycles. The molecule has 1 saturated heterocycles. The van der Waals surface area contributed by atoms with E-state index in [9.17, 15) is 14.4 Å². The van der Waals surface area contributed by atoms with Gasteiger partial charge in [0.25, 0.3) is 11.8 Å². The van der Waals surface area contributed by atoms with Gasteiger partial charge in [-0.25, -0.2) is 0 Å². The fourth-order valence-corrected chi connectivity index (χ4v) is 3.67. The highest BCUT2D eigenvalue weighted by Gasteiger charge is 2.29. The Hall–Kier alpha value is -3.09. The summed E-state index contributed by atoms with van der Waals surface area (Å²) in [5.41, 5.74) is 1.98. The van der Waals surface area contributed by atoms with Crippen molar-refractivity contribution in [3.05, 3.63) is 59.5 Å². The Morgan fingerprint density at radius 1 is 1.10 bits per heavy atom. The number of piperidine rings is 1. The van der Waals surface area contributed by atoms with Crippen LogP contribution in [0.15, 0.2) is 47.3 Å². The van der Waals surface area contributed by atoms with E-state index in [1.165, 1.54) is 12.5 Å². The zero-order valence-corrected chi connectivity index (χ0v) is 17.7. The second-order valence-electron chi connectivity index (χ2n) is 8.10. The lowest BCUT2D eigenvalue weighted by atomic mass is 9.99. The molecule has 3 rings (SSSR count). The third-order valence-electron chi connectivity index (χ3n) is 5.52. The van der Waals surface area contributed by atoms with E-state index in [2.05, 4.69) is 10.6 Å². The van der Waals surface area contributed by atoms with Gasteiger partial charge in [-0.2, -0.15) is 0 Å². The van der Waals surface area contributed by atoms with Crippen LogP contribution in [0.3, 0.4) is 0 Å². The molecule has 1 atom stereocenters. The SMILES string of the molecule is Cc1ccccc1C(=O)NC(C(=O)NC1CCN(C(=O)c2ccoc2)CC1)C(C)C. The standard InChI is InChI=1S/C23H29N3O4/c1-15(2)20(25-21(27)19-7-5-4-6-16(19)3)22(28)24-18-8-11-26(12-9-18)23(29)17-10-13-30-14-17/h4-7,10,13-15,18,20H,8-9,11-12H2,1-3H3,(H,24,28)(H,25,27). The van der Waals surface area contributed by atoms with Crippen molar-refractivity contribution in [1.82, 2.24) is 15.5 Å². The van der Waals surface area contributed by atoms with Gasteiger partial charge in [0, 0.05) is 24.7 Å². The molecule has 1 unspecified atom stereocenters. The normalized spacial score (nSPS) is 15.7. The number of furan rings is 1. The van der Waals surface area contributed by atoms with Gasteiger partial charge < -0.3 is 20.0 Å². The Bertz CT molecular complexity index is 884. The molecule has 3 amide bonds. The quantitative estimate of drug-likeness (QED) is 0.765. The van der Waals surface area contributed by atoms with Crippen LogP contribution >= 0.6 is 0 Å². The number of rotatable bonds is 6. The molecule has 1 aromatic heterocycles. The predicted molar refractivity (Wildman–Crippen MR) is 113 cm³/mol. The molecule has 30 heavy (non-hydrogen) atoms. The molecular formula is C23H29N3O4. The van der Waals surface area contributed by atoms with Crippen molar-refractivity contribution in [3.63, 3.8) is 0 Å². The molecule has 2 heterocycles. The van der Waals surface area contributed by atoms with E-state index in [1.807, 2.05) is 39.0 Å². The van der Waals surface area contributed by atoms with Crippen LogP contribution in [0, 0.1) is 12.8 Å². The number of amides is 3. The zero-order valence-electron chi connectivity index (χ0n) is 17.7. The first-order valence-electron chi connectivity index (χ1n) is 10.3. The van der Waals surface area contributed by atoms with Gasteiger partial charge in [-0.05, 0) is 43.4 Å². The van der Waals surface area contributed by atoms with Crippen molar-refractivity contribution >= 4 is 17.7 Å². The molecule has 7 nitrogen and oxygen atoms in total. The lowest BCUT2D eigenvalue weighted by molar-refractivity contribution is -0.124. The smallest absolute Gasteiger partial charge is 0.257 e. The van der Waals surface area contributed by atoms with E-state index >= 15 is 0 Å². The van der Waals surface area contributed by atoms with Crippen molar-refractivity contribution in [2.24, 2.45) is 5.92 Å². The topological polar surface area (TPSA) is 91.7 Å². The van der Waals surface area contributed by atoms with Crippen LogP contribution in [0.4, 0.5) is 0 Å². The van der Waals surface area contributed by atoms with E-state index in [4.69, 9.17) is 4.42 Å². The van der Waals surface area contributed by atoms with Gasteiger partial charge >= 0.3 is 0 Å². The van der Waals surface area contributed by atoms with Gasteiger partial charge in [-0.3, -0.25) is 14.4 Å². The summed E-state index contributed by atoms with van der Waals surface area (Å²) in [5.74, 6) is -0.547. The third kappa shape index (κ3) is 5.09. The highest BCUT2D eigenvalue weighted by Crippen LogP contribution is 2.15. The molecule has 1 aromatic carbocycles. The van der Waals surface area contributed by atoms with Crippen molar-refractivity contribution in [1.29, 1.82) is 0 Å². The Morgan fingerprint density at radius 3 is 2.40 bits per heavy atom. The van der Waals surface area contributed by atoms with E-state index in [-0.39, 0.29) is 29.7 Å². The predicted octanol–water partition coefficient (Wildman–Crippen LogP) is 2.76. The summed E-state index contributed by atoms with van der Waals surface area (Å²) in [6.45, 7) is 6.83. The second-order valence-corrected chi connectivity index (χ2v) is 8.10. The summed E-state index contributed by atoms with van der Waals surface area (Å²) in [5, 5.41) is 5.94. The van der Waals surface area contributed by atoms with Crippen LogP contribution in [0.5, 0.6) is 0 Å². The average Bonchev–Trinajstić information content (AvgIpc) is 3.26. The fourth-order valence-electron chi connectivity index (χ4n) is 3.67. The number of hydrogen-bond acceptors (Lipinski definition) is 4. The van der Waals surface area contributed by atoms with Gasteiger partial charge in [0.05, 0.1) is 11.8 Å². The van der Waals surface area contributed by atoms with Crippen LogP contribution in [0.1, 0.15) is 53.0 Å². The second kappa shape index (κ2) is 9.61. The van der Waals surface area contributed by atoms with E-state index < -0.39 is 6.04 Å². The maximum atomic E-state index is 12.9. The minimum absolute atomic E-state index is 0.0255. The number of carbonyl (C=O) groups excluding carboxylic acids is 3. The average molecular weight is 412 g/mol. The summed E-state index contributed by atoms with van der Waals surface area (Å²) < 4.78 is 4.98. The van der Waals surface area contributed by atoms with Crippen molar-refractivity contribution in [2.75, 3.05) is 13.1 Å². The number of aryl methyl sites for hydroxylation is 1. The molecule has 2 aromatic rings. The monoisotopic (exact) mass is 411 g/mol. The third-order valence-corrected chi connectivity index (χ3v) is 5.52. The summed E-state index contributed by atoms with van der Waals surface area (Å²) >= 11 is 0. The van der Waals surface area contributed by atoms with Gasteiger partial charge in [-0.1, -0.05) is 32.0 Å². The first-order chi connectivity index (χ1) is 14.4. The van der Waals surface area contributed by atoms with E-state index in [0.717, 1.165) is 5.56 Å². The van der Waals surface area contributed by atoms with Crippen LogP contribution < -0.4 is 10.6 Å². The molecule has 160 valence electrons. The largest absolute Gasteiger partial charge is 0.472 e. The van der Waals surface area contributed by atoms with Crippen LogP contribution in [0.2, 0.25) is 0 Å². The molecule has 7 heteroatoms. The number of benzene rings is 1. The molecule has 0 bridgehead atoms. The van der Waals surface area contributed by atoms with Crippen molar-refractivity contribution in [2.45, 2.75) is 45.7 Å². The Kier molecular flexibility index (Phi) is 6.92. The Morgan fingerprint density at radius 2 is 1.80 bits per heavy atom. The summed E-state index contributed by atoms with van der Waals surface area (Å²) in [7, 11) is 0. The maximum absolute atomic E-state index is 12.9.